The molecule has 0 amide bonds. The van der Waals surface area contributed by atoms with Crippen molar-refractivity contribution in [2.24, 2.45) is 5.73 Å². The van der Waals surface area contributed by atoms with E-state index in [4.69, 9.17) is 5.73 Å². The van der Waals surface area contributed by atoms with E-state index in [0.29, 0.717) is 6.54 Å². The van der Waals surface area contributed by atoms with Crippen LogP contribution in [-0.4, -0.2) is 9.97 Å². The van der Waals surface area contributed by atoms with Crippen molar-refractivity contribution in [1.29, 1.82) is 0 Å². The van der Waals surface area contributed by atoms with Gasteiger partial charge in [-0.1, -0.05) is 18.2 Å². The van der Waals surface area contributed by atoms with Crippen molar-refractivity contribution < 1.29 is 0 Å². The first-order chi connectivity index (χ1) is 8.88. The van der Waals surface area contributed by atoms with Crippen LogP contribution in [0.4, 0.5) is 0 Å². The molecule has 0 unspecified atom stereocenters. The van der Waals surface area contributed by atoms with E-state index in [9.17, 15) is 0 Å². The van der Waals surface area contributed by atoms with Crippen molar-refractivity contribution in [3.05, 3.63) is 60.7 Å². The Balaban J connectivity index is 2.24. The maximum absolute atomic E-state index is 5.66. The molecule has 0 aliphatic rings. The van der Waals surface area contributed by atoms with Gasteiger partial charge in [-0.05, 0) is 28.6 Å². The minimum atomic E-state index is 0.507. The van der Waals surface area contributed by atoms with E-state index < -0.39 is 0 Å². The second-order valence-corrected chi connectivity index (χ2v) is 4.19. The first kappa shape index (κ1) is 10.9. The van der Waals surface area contributed by atoms with Gasteiger partial charge in [0.2, 0.25) is 0 Å². The number of aromatic nitrogens is 2. The average Bonchev–Trinajstić information content (AvgIpc) is 2.47. The van der Waals surface area contributed by atoms with Crippen molar-refractivity contribution in [3.8, 4) is 11.1 Å². The Morgan fingerprint density at radius 2 is 1.94 bits per heavy atom. The zero-order valence-electron chi connectivity index (χ0n) is 9.88. The molecule has 0 radical (unpaired) electrons. The fourth-order valence-electron chi connectivity index (χ4n) is 2.12. The largest absolute Gasteiger partial charge is 0.326 e. The lowest BCUT2D eigenvalue weighted by atomic mass is 10.00. The van der Waals surface area contributed by atoms with Crippen LogP contribution in [0.2, 0.25) is 0 Å². The molecule has 2 aromatic heterocycles. The van der Waals surface area contributed by atoms with Crippen molar-refractivity contribution in [1.82, 2.24) is 9.97 Å². The Kier molecular flexibility index (Phi) is 2.74. The third-order valence-electron chi connectivity index (χ3n) is 3.02. The number of nitrogens with two attached hydrogens (primary N) is 1. The third kappa shape index (κ3) is 1.85. The SMILES string of the molecule is NCc1cncc(-c2cccc3cnccc23)c1. The molecule has 0 aliphatic carbocycles. The minimum Gasteiger partial charge on any atom is -0.326 e. The summed E-state index contributed by atoms with van der Waals surface area (Å²) in [4.78, 5) is 8.39. The molecule has 0 fully saturated rings. The number of nitrogens with zero attached hydrogens (tertiary/aromatic N) is 2. The van der Waals surface area contributed by atoms with Crippen LogP contribution < -0.4 is 5.73 Å². The predicted molar refractivity (Wildman–Crippen MR) is 72.9 cm³/mol. The summed E-state index contributed by atoms with van der Waals surface area (Å²) in [5, 5.41) is 2.32. The van der Waals surface area contributed by atoms with Crippen molar-refractivity contribution in [2.45, 2.75) is 6.54 Å². The number of pyridine rings is 2. The normalized spacial score (nSPS) is 10.7. The summed E-state index contributed by atoms with van der Waals surface area (Å²) in [5.41, 5.74) is 8.96. The average molecular weight is 235 g/mol. The molecule has 0 spiro atoms. The minimum absolute atomic E-state index is 0.507. The van der Waals surface area contributed by atoms with Crippen LogP contribution >= 0.6 is 0 Å². The zero-order chi connectivity index (χ0) is 12.4. The van der Waals surface area contributed by atoms with E-state index >= 15 is 0 Å². The van der Waals surface area contributed by atoms with Gasteiger partial charge in [0, 0.05) is 42.3 Å². The van der Waals surface area contributed by atoms with Crippen molar-refractivity contribution >= 4 is 10.8 Å². The Hall–Kier alpha value is -2.26. The standard InChI is InChI=1S/C15H13N3/c16-7-11-6-13(10-18-8-11)14-3-1-2-12-9-17-5-4-15(12)14/h1-6,8-10H,7,16H2. The second-order valence-electron chi connectivity index (χ2n) is 4.19. The topological polar surface area (TPSA) is 51.8 Å². The molecular formula is C15H13N3. The predicted octanol–water partition coefficient (Wildman–Crippen LogP) is 2.76. The van der Waals surface area contributed by atoms with Gasteiger partial charge in [-0.2, -0.15) is 0 Å². The summed E-state index contributed by atoms with van der Waals surface area (Å²) in [6, 6.07) is 10.3. The first-order valence-corrected chi connectivity index (χ1v) is 5.85. The van der Waals surface area contributed by atoms with Crippen LogP contribution in [0.15, 0.2) is 55.1 Å². The Labute approximate surface area is 105 Å². The van der Waals surface area contributed by atoms with Gasteiger partial charge in [0.05, 0.1) is 0 Å². The molecule has 0 saturated carbocycles. The van der Waals surface area contributed by atoms with E-state index in [1.807, 2.05) is 30.7 Å². The number of rotatable bonds is 2. The molecule has 0 atom stereocenters. The van der Waals surface area contributed by atoms with Crippen molar-refractivity contribution in [2.75, 3.05) is 0 Å². The summed E-state index contributed by atoms with van der Waals surface area (Å²) >= 11 is 0. The molecule has 88 valence electrons. The third-order valence-corrected chi connectivity index (χ3v) is 3.02. The molecule has 3 rings (SSSR count). The smallest absolute Gasteiger partial charge is 0.0346 e. The molecule has 2 heterocycles. The summed E-state index contributed by atoms with van der Waals surface area (Å²) < 4.78 is 0. The fraction of sp³-hybridized carbons (Fsp3) is 0.0667. The van der Waals surface area contributed by atoms with E-state index in [-0.39, 0.29) is 0 Å². The molecule has 3 aromatic rings. The number of fused-ring (bicyclic) bond motifs is 1. The molecule has 3 heteroatoms. The molecular weight excluding hydrogens is 222 g/mol. The molecule has 2 N–H and O–H groups in total. The maximum atomic E-state index is 5.66. The van der Waals surface area contributed by atoms with Gasteiger partial charge < -0.3 is 5.73 Å². The molecule has 0 aliphatic heterocycles. The van der Waals surface area contributed by atoms with Crippen LogP contribution in [0, 0.1) is 0 Å². The lowest BCUT2D eigenvalue weighted by Gasteiger charge is -2.07. The van der Waals surface area contributed by atoms with Gasteiger partial charge in [0.25, 0.3) is 0 Å². The van der Waals surface area contributed by atoms with Crippen molar-refractivity contribution in [3.63, 3.8) is 0 Å². The highest BCUT2D eigenvalue weighted by atomic mass is 14.6. The molecule has 0 bridgehead atoms. The van der Waals surface area contributed by atoms with Crippen LogP contribution in [0.3, 0.4) is 0 Å². The summed E-state index contributed by atoms with van der Waals surface area (Å²) in [7, 11) is 0. The second kappa shape index (κ2) is 4.55. The van der Waals surface area contributed by atoms with E-state index in [1.165, 1.54) is 5.39 Å². The van der Waals surface area contributed by atoms with Gasteiger partial charge in [-0.15, -0.1) is 0 Å². The van der Waals surface area contributed by atoms with Crippen LogP contribution in [0.25, 0.3) is 21.9 Å². The van der Waals surface area contributed by atoms with Crippen LogP contribution in [-0.2, 0) is 6.54 Å². The van der Waals surface area contributed by atoms with Gasteiger partial charge in [0.15, 0.2) is 0 Å². The monoisotopic (exact) mass is 235 g/mol. The maximum Gasteiger partial charge on any atom is 0.0346 e. The lowest BCUT2D eigenvalue weighted by molar-refractivity contribution is 1.05. The molecule has 1 aromatic carbocycles. The zero-order valence-corrected chi connectivity index (χ0v) is 9.88. The molecule has 0 saturated heterocycles. The summed E-state index contributed by atoms with van der Waals surface area (Å²) in [6.07, 6.45) is 7.36. The van der Waals surface area contributed by atoms with E-state index in [1.54, 1.807) is 6.20 Å². The Morgan fingerprint density at radius 1 is 1.00 bits per heavy atom. The summed E-state index contributed by atoms with van der Waals surface area (Å²) in [6.45, 7) is 0.507. The van der Waals surface area contributed by atoms with E-state index in [0.717, 1.165) is 22.1 Å². The van der Waals surface area contributed by atoms with Crippen LogP contribution in [0.1, 0.15) is 5.56 Å². The molecule has 3 nitrogen and oxygen atoms in total. The Morgan fingerprint density at radius 3 is 2.83 bits per heavy atom. The fourth-order valence-corrected chi connectivity index (χ4v) is 2.12. The quantitative estimate of drug-likeness (QED) is 0.743. The highest BCUT2D eigenvalue weighted by Crippen LogP contribution is 2.27. The van der Waals surface area contributed by atoms with Gasteiger partial charge in [-0.25, -0.2) is 0 Å². The highest BCUT2D eigenvalue weighted by Gasteiger charge is 2.04. The van der Waals surface area contributed by atoms with Gasteiger partial charge in [0.1, 0.15) is 0 Å². The van der Waals surface area contributed by atoms with Crippen LogP contribution in [0.5, 0.6) is 0 Å². The highest BCUT2D eigenvalue weighted by molar-refractivity contribution is 5.95. The number of benzene rings is 1. The molecule has 18 heavy (non-hydrogen) atoms. The lowest BCUT2D eigenvalue weighted by Crippen LogP contribution is -1.97. The van der Waals surface area contributed by atoms with Gasteiger partial charge >= 0.3 is 0 Å². The number of hydrogen-bond donors (Lipinski definition) is 1. The number of hydrogen-bond acceptors (Lipinski definition) is 3. The van der Waals surface area contributed by atoms with Gasteiger partial charge in [-0.3, -0.25) is 9.97 Å². The Bertz CT molecular complexity index is 687. The van der Waals surface area contributed by atoms with E-state index in [2.05, 4.69) is 28.2 Å². The first-order valence-electron chi connectivity index (χ1n) is 5.85. The summed E-state index contributed by atoms with van der Waals surface area (Å²) in [5.74, 6) is 0.